The fraction of sp³-hybridized carbons (Fsp3) is 0.143. The Kier molecular flexibility index (Phi) is 5.58. The molecule has 3 rings (SSSR count). The molecule has 28 heavy (non-hydrogen) atoms. The Hall–Kier alpha value is -3.42. The van der Waals surface area contributed by atoms with Crippen LogP contribution in [0.3, 0.4) is 0 Å². The fourth-order valence-electron chi connectivity index (χ4n) is 2.75. The minimum Gasteiger partial charge on any atom is -0.459 e. The van der Waals surface area contributed by atoms with Gasteiger partial charge in [-0.2, -0.15) is 10.5 Å². The number of carbonyl (C=O) groups excluding carboxylic acids is 1. The summed E-state index contributed by atoms with van der Waals surface area (Å²) in [4.78, 5) is 16.1. The molecule has 0 saturated heterocycles. The van der Waals surface area contributed by atoms with Gasteiger partial charge in [0, 0.05) is 6.08 Å². The van der Waals surface area contributed by atoms with Crippen molar-refractivity contribution >= 4 is 33.4 Å². The van der Waals surface area contributed by atoms with Crippen molar-refractivity contribution in [2.24, 2.45) is 4.99 Å². The molecule has 0 fully saturated rings. The molecule has 0 aromatic heterocycles. The first kappa shape index (κ1) is 19.3. The lowest BCUT2D eigenvalue weighted by Gasteiger charge is -2.22. The minimum atomic E-state index is -0.665. The molecule has 1 atom stereocenters. The summed E-state index contributed by atoms with van der Waals surface area (Å²) in [5, 5.41) is 20.7. The summed E-state index contributed by atoms with van der Waals surface area (Å²) in [7, 11) is 0. The van der Waals surface area contributed by atoms with E-state index in [9.17, 15) is 4.79 Å². The zero-order valence-corrected chi connectivity index (χ0v) is 16.7. The van der Waals surface area contributed by atoms with Crippen molar-refractivity contribution in [1.82, 2.24) is 5.32 Å². The first-order chi connectivity index (χ1) is 13.4. The molecule has 1 unspecified atom stereocenters. The Morgan fingerprint density at radius 3 is 2.25 bits per heavy atom. The molecule has 0 bridgehead atoms. The van der Waals surface area contributed by atoms with Crippen LogP contribution in [0.5, 0.6) is 5.75 Å². The number of ether oxygens (including phenoxy) is 1. The first-order valence-corrected chi connectivity index (χ1v) is 9.27. The third-order valence-electron chi connectivity index (χ3n) is 4.07. The van der Waals surface area contributed by atoms with Gasteiger partial charge in [0.25, 0.3) is 0 Å². The van der Waals surface area contributed by atoms with Crippen LogP contribution in [0.25, 0.3) is 0 Å². The molecule has 1 N–H and O–H groups in total. The highest BCUT2D eigenvalue weighted by molar-refractivity contribution is 9.10. The maximum absolute atomic E-state index is 12.3. The molecule has 6 nitrogen and oxygen atoms in total. The Morgan fingerprint density at radius 2 is 1.68 bits per heavy atom. The molecule has 0 saturated carbocycles. The van der Waals surface area contributed by atoms with Crippen LogP contribution in [0.2, 0.25) is 0 Å². The smallest absolute Gasteiger partial charge is 0.247 e. The van der Waals surface area contributed by atoms with Crippen LogP contribution in [-0.2, 0) is 4.79 Å². The second-order valence-corrected chi connectivity index (χ2v) is 7.12. The molecule has 1 amide bonds. The number of amides is 1. The van der Waals surface area contributed by atoms with E-state index in [4.69, 9.17) is 15.3 Å². The maximum atomic E-state index is 12.3. The summed E-state index contributed by atoms with van der Waals surface area (Å²) in [5.41, 5.74) is 3.28. The predicted molar refractivity (Wildman–Crippen MR) is 108 cm³/mol. The van der Waals surface area contributed by atoms with Gasteiger partial charge in [0.1, 0.15) is 17.3 Å². The van der Waals surface area contributed by atoms with Gasteiger partial charge in [-0.25, -0.2) is 4.99 Å². The zero-order chi connectivity index (χ0) is 20.3. The zero-order valence-electron chi connectivity index (χ0n) is 15.2. The van der Waals surface area contributed by atoms with E-state index < -0.39 is 4.83 Å². The Balaban J connectivity index is 1.95. The highest BCUT2D eigenvalue weighted by Crippen LogP contribution is 2.29. The second-order valence-electron chi connectivity index (χ2n) is 6.21. The van der Waals surface area contributed by atoms with E-state index in [0.29, 0.717) is 34.2 Å². The van der Waals surface area contributed by atoms with Crippen LogP contribution in [0.15, 0.2) is 53.2 Å². The lowest BCUT2D eigenvalue weighted by molar-refractivity contribution is -0.119. The van der Waals surface area contributed by atoms with Gasteiger partial charge < -0.3 is 10.1 Å². The van der Waals surface area contributed by atoms with Crippen molar-refractivity contribution in [2.45, 2.75) is 18.7 Å². The number of nitriles is 2. The van der Waals surface area contributed by atoms with Gasteiger partial charge in [-0.15, -0.1) is 0 Å². The summed E-state index contributed by atoms with van der Waals surface area (Å²) >= 11 is 3.34. The average molecular weight is 435 g/mol. The highest BCUT2D eigenvalue weighted by Gasteiger charge is 2.28. The number of rotatable bonds is 3. The highest BCUT2D eigenvalue weighted by atomic mass is 79.9. The fourth-order valence-corrected chi connectivity index (χ4v) is 3.09. The molecule has 1 aliphatic rings. The molecule has 138 valence electrons. The number of hydrogen-bond donors (Lipinski definition) is 1. The molecule has 0 spiro atoms. The van der Waals surface area contributed by atoms with E-state index in [-0.39, 0.29) is 5.91 Å². The van der Waals surface area contributed by atoms with Crippen molar-refractivity contribution in [1.29, 1.82) is 10.5 Å². The number of aryl methyl sites for hydroxylation is 2. The van der Waals surface area contributed by atoms with Crippen molar-refractivity contribution in [2.75, 3.05) is 0 Å². The van der Waals surface area contributed by atoms with Gasteiger partial charge in [0.15, 0.2) is 4.83 Å². The number of carbonyl (C=O) groups is 1. The Morgan fingerprint density at radius 1 is 1.07 bits per heavy atom. The Bertz CT molecular complexity index is 1070. The van der Waals surface area contributed by atoms with E-state index in [1.165, 1.54) is 0 Å². The standard InChI is InChI=1S/C21H15BrN4O2/c1-12-7-15(11-24)8-13(2)20(12)28-17-9-18(26-21(27)19(17)22)25-16-5-3-14(10-23)4-6-16/h3-9,19H,1-2H3,(H,25,26,27). The molecule has 0 aliphatic carbocycles. The van der Waals surface area contributed by atoms with Crippen molar-refractivity contribution in [3.8, 4) is 17.9 Å². The lowest BCUT2D eigenvalue weighted by atomic mass is 10.1. The number of halogens is 1. The third-order valence-corrected chi connectivity index (χ3v) is 4.93. The summed E-state index contributed by atoms with van der Waals surface area (Å²) in [6.07, 6.45) is 1.65. The quantitative estimate of drug-likeness (QED) is 0.739. The van der Waals surface area contributed by atoms with Crippen LogP contribution in [0.1, 0.15) is 22.3 Å². The van der Waals surface area contributed by atoms with Gasteiger partial charge in [0.2, 0.25) is 5.91 Å². The van der Waals surface area contributed by atoms with Gasteiger partial charge in [-0.3, -0.25) is 4.79 Å². The average Bonchev–Trinajstić information content (AvgIpc) is 2.68. The third kappa shape index (κ3) is 4.11. The van der Waals surface area contributed by atoms with Gasteiger partial charge in [0.05, 0.1) is 29.0 Å². The summed E-state index contributed by atoms with van der Waals surface area (Å²) in [6.45, 7) is 3.70. The van der Waals surface area contributed by atoms with E-state index in [1.807, 2.05) is 19.9 Å². The van der Waals surface area contributed by atoms with Crippen LogP contribution >= 0.6 is 15.9 Å². The van der Waals surface area contributed by atoms with Crippen LogP contribution in [-0.4, -0.2) is 16.6 Å². The summed E-state index contributed by atoms with van der Waals surface area (Å²) < 4.78 is 6.02. The van der Waals surface area contributed by atoms with Crippen molar-refractivity contribution in [3.05, 3.63) is 70.5 Å². The molecule has 0 radical (unpaired) electrons. The summed E-state index contributed by atoms with van der Waals surface area (Å²) in [6, 6.07) is 14.3. The minimum absolute atomic E-state index is 0.297. The molecule has 1 heterocycles. The molecule has 7 heteroatoms. The SMILES string of the molecule is Cc1cc(C#N)cc(C)c1OC1=CC(=Nc2ccc(C#N)cc2)NC(=O)C1Br. The number of alkyl halides is 1. The monoisotopic (exact) mass is 434 g/mol. The number of amidine groups is 1. The summed E-state index contributed by atoms with van der Waals surface area (Å²) in [5.74, 6) is 1.03. The van der Waals surface area contributed by atoms with Crippen LogP contribution < -0.4 is 10.1 Å². The molecule has 1 aliphatic heterocycles. The topological polar surface area (TPSA) is 98.3 Å². The molecule has 2 aromatic carbocycles. The lowest BCUT2D eigenvalue weighted by Crippen LogP contribution is -2.41. The van der Waals surface area contributed by atoms with Gasteiger partial charge >= 0.3 is 0 Å². The number of aliphatic imine (C=N–C) groups is 1. The van der Waals surface area contributed by atoms with E-state index in [0.717, 1.165) is 11.1 Å². The normalized spacial score (nSPS) is 17.3. The van der Waals surface area contributed by atoms with E-state index in [1.54, 1.807) is 42.5 Å². The van der Waals surface area contributed by atoms with E-state index >= 15 is 0 Å². The van der Waals surface area contributed by atoms with Crippen LogP contribution in [0, 0.1) is 36.5 Å². The Labute approximate surface area is 170 Å². The largest absolute Gasteiger partial charge is 0.459 e. The maximum Gasteiger partial charge on any atom is 0.247 e. The van der Waals surface area contributed by atoms with Gasteiger partial charge in [-0.05, 0) is 61.4 Å². The second kappa shape index (κ2) is 8.08. The van der Waals surface area contributed by atoms with Gasteiger partial charge in [-0.1, -0.05) is 15.9 Å². The predicted octanol–water partition coefficient (Wildman–Crippen LogP) is 3.93. The molecular formula is C21H15BrN4O2. The van der Waals surface area contributed by atoms with E-state index in [2.05, 4.69) is 32.3 Å². The number of nitrogens with zero attached hydrogens (tertiary/aromatic N) is 3. The van der Waals surface area contributed by atoms with Crippen LogP contribution in [0.4, 0.5) is 5.69 Å². The molecule has 2 aromatic rings. The van der Waals surface area contributed by atoms with Crippen molar-refractivity contribution in [3.63, 3.8) is 0 Å². The first-order valence-electron chi connectivity index (χ1n) is 8.36. The number of nitrogens with one attached hydrogen (secondary N) is 1. The number of hydrogen-bond acceptors (Lipinski definition) is 5. The van der Waals surface area contributed by atoms with Crippen molar-refractivity contribution < 1.29 is 9.53 Å². The number of benzene rings is 2. The molecular weight excluding hydrogens is 420 g/mol.